The second kappa shape index (κ2) is 12.6. The van der Waals surface area contributed by atoms with Crippen LogP contribution in [-0.4, -0.2) is 94.2 Å². The lowest BCUT2D eigenvalue weighted by atomic mass is 9.92. The van der Waals surface area contributed by atoms with Crippen molar-refractivity contribution in [3.63, 3.8) is 0 Å². The van der Waals surface area contributed by atoms with Crippen molar-refractivity contribution in [1.82, 2.24) is 24.3 Å². The standard InChI is InChI=1S/C34H46N6O3S.H2/c1-34(2,3)15-18-39-31(42)29(44-32(39)25-9-5-7-11-27(25)37-21-19-36(4)20-22-37)23-30(41)38-16-13-24(14-17-38)40-28-12-8-6-10-26(28)35-33(40)43;/h5-12,24,29,32H,13-23H2,1-4H3,(H,35,43);1H/t29?,32-;/m0./s1. The fourth-order valence-corrected chi connectivity index (χ4v) is 8.28. The van der Waals surface area contributed by atoms with Crippen molar-refractivity contribution < 1.29 is 11.0 Å². The van der Waals surface area contributed by atoms with Gasteiger partial charge in [0.2, 0.25) is 11.8 Å². The van der Waals surface area contributed by atoms with E-state index in [1.165, 1.54) is 11.3 Å². The number of benzene rings is 2. The molecule has 2 aromatic carbocycles. The third-order valence-corrected chi connectivity index (χ3v) is 10.9. The average Bonchev–Trinajstić information content (AvgIpc) is 3.51. The number of nitrogens with zero attached hydrogens (tertiary/aromatic N) is 5. The normalized spacial score (nSPS) is 22.4. The number of aromatic nitrogens is 2. The van der Waals surface area contributed by atoms with Gasteiger partial charge in [0.1, 0.15) is 5.37 Å². The van der Waals surface area contributed by atoms with Crippen molar-refractivity contribution in [2.75, 3.05) is 57.8 Å². The monoisotopic (exact) mass is 620 g/mol. The molecule has 6 rings (SSSR count). The minimum absolute atomic E-state index is 0. The number of H-pyrrole nitrogens is 1. The summed E-state index contributed by atoms with van der Waals surface area (Å²) in [7, 11) is 2.16. The number of anilines is 1. The van der Waals surface area contributed by atoms with Crippen molar-refractivity contribution in [2.24, 2.45) is 5.41 Å². The van der Waals surface area contributed by atoms with Gasteiger partial charge in [-0.1, -0.05) is 51.1 Å². The van der Waals surface area contributed by atoms with E-state index in [0.717, 1.165) is 56.5 Å². The van der Waals surface area contributed by atoms with E-state index < -0.39 is 5.25 Å². The molecule has 1 N–H and O–H groups in total. The summed E-state index contributed by atoms with van der Waals surface area (Å²) in [5.41, 5.74) is 4.12. The Kier molecular flexibility index (Phi) is 8.84. The first-order valence-corrected chi connectivity index (χ1v) is 17.0. The van der Waals surface area contributed by atoms with Crippen molar-refractivity contribution in [2.45, 2.75) is 63.1 Å². The number of amides is 2. The zero-order chi connectivity index (χ0) is 31.0. The SMILES string of the molecule is CN1CCN(c2ccccc2[C@@H]2SC(CC(=O)N3CCC(n4c(=O)[nH]c5ccccc54)CC3)C(=O)N2CCC(C)(C)C)CC1.[HH]. The number of nitrogens with one attached hydrogen (secondary N) is 1. The summed E-state index contributed by atoms with van der Waals surface area (Å²) in [4.78, 5) is 52.1. The molecule has 1 aromatic heterocycles. The van der Waals surface area contributed by atoms with Gasteiger partial charge in [-0.05, 0) is 49.9 Å². The molecule has 1 unspecified atom stereocenters. The molecule has 0 saturated carbocycles. The first kappa shape index (κ1) is 30.8. The van der Waals surface area contributed by atoms with Crippen LogP contribution in [-0.2, 0) is 9.59 Å². The molecule has 10 heteroatoms. The molecule has 9 nitrogen and oxygen atoms in total. The Labute approximate surface area is 266 Å². The largest absolute Gasteiger partial charge is 0.369 e. The molecular weight excluding hydrogens is 572 g/mol. The molecule has 3 aliphatic heterocycles. The van der Waals surface area contributed by atoms with Crippen molar-refractivity contribution in [1.29, 1.82) is 0 Å². The zero-order valence-electron chi connectivity index (χ0n) is 26.5. The van der Waals surface area contributed by atoms with Gasteiger partial charge in [-0.2, -0.15) is 0 Å². The second-order valence-corrected chi connectivity index (χ2v) is 15.1. The Morgan fingerprint density at radius 3 is 2.36 bits per heavy atom. The molecule has 4 heterocycles. The Morgan fingerprint density at radius 2 is 1.64 bits per heavy atom. The van der Waals surface area contributed by atoms with E-state index in [9.17, 15) is 14.4 Å². The number of imidazole rings is 1. The fraction of sp³-hybridized carbons (Fsp3) is 0.559. The van der Waals surface area contributed by atoms with E-state index in [0.29, 0.717) is 19.6 Å². The van der Waals surface area contributed by atoms with Gasteiger partial charge in [-0.15, -0.1) is 11.8 Å². The van der Waals surface area contributed by atoms with Crippen LogP contribution in [0.4, 0.5) is 5.69 Å². The average molecular weight is 621 g/mol. The van der Waals surface area contributed by atoms with Crippen LogP contribution in [0.3, 0.4) is 0 Å². The zero-order valence-corrected chi connectivity index (χ0v) is 27.3. The van der Waals surface area contributed by atoms with Crippen LogP contribution < -0.4 is 10.6 Å². The van der Waals surface area contributed by atoms with Gasteiger partial charge >= 0.3 is 5.69 Å². The molecule has 3 aromatic rings. The molecule has 2 atom stereocenters. The first-order valence-electron chi connectivity index (χ1n) is 16.0. The number of piperidine rings is 1. The van der Waals surface area contributed by atoms with Crippen LogP contribution in [0.25, 0.3) is 11.0 Å². The van der Waals surface area contributed by atoms with Crippen LogP contribution in [0, 0.1) is 5.41 Å². The molecule has 0 spiro atoms. The highest BCUT2D eigenvalue weighted by Gasteiger charge is 2.44. The van der Waals surface area contributed by atoms with Crippen LogP contribution in [0.15, 0.2) is 53.3 Å². The van der Waals surface area contributed by atoms with Crippen molar-refractivity contribution in [3.8, 4) is 0 Å². The first-order chi connectivity index (χ1) is 21.1. The smallest absolute Gasteiger partial charge is 0.326 e. The summed E-state index contributed by atoms with van der Waals surface area (Å²) in [5, 5.41) is -0.514. The molecule has 3 aliphatic rings. The van der Waals surface area contributed by atoms with E-state index in [2.05, 4.69) is 66.9 Å². The lowest BCUT2D eigenvalue weighted by Crippen LogP contribution is -2.45. The van der Waals surface area contributed by atoms with E-state index in [1.54, 1.807) is 11.8 Å². The summed E-state index contributed by atoms with van der Waals surface area (Å²) in [6, 6.07) is 16.3. The van der Waals surface area contributed by atoms with Crippen molar-refractivity contribution in [3.05, 3.63) is 64.6 Å². The maximum atomic E-state index is 14.0. The summed E-state index contributed by atoms with van der Waals surface area (Å²) in [5.74, 6) is 0.107. The molecule has 238 valence electrons. The van der Waals surface area contributed by atoms with Crippen LogP contribution in [0.1, 0.15) is 64.9 Å². The van der Waals surface area contributed by atoms with E-state index in [4.69, 9.17) is 0 Å². The highest BCUT2D eigenvalue weighted by atomic mass is 32.2. The lowest BCUT2D eigenvalue weighted by Gasteiger charge is -2.37. The molecule has 0 aliphatic carbocycles. The van der Waals surface area contributed by atoms with Crippen LogP contribution >= 0.6 is 11.8 Å². The van der Waals surface area contributed by atoms with Gasteiger partial charge in [-0.3, -0.25) is 14.2 Å². The summed E-state index contributed by atoms with van der Waals surface area (Å²) >= 11 is 1.65. The topological polar surface area (TPSA) is 84.9 Å². The maximum Gasteiger partial charge on any atom is 0.326 e. The number of likely N-dealkylation sites (tertiary alicyclic amines) is 1. The number of hydrogen-bond acceptors (Lipinski definition) is 6. The van der Waals surface area contributed by atoms with Gasteiger partial charge in [-0.25, -0.2) is 4.79 Å². The number of fused-ring (bicyclic) bond motifs is 1. The molecular formula is C34H48N6O3S. The number of hydrogen-bond donors (Lipinski definition) is 1. The Bertz CT molecular complexity index is 1550. The predicted molar refractivity (Wildman–Crippen MR) is 180 cm³/mol. The van der Waals surface area contributed by atoms with E-state index in [-0.39, 0.29) is 42.2 Å². The van der Waals surface area contributed by atoms with E-state index in [1.807, 2.05) is 38.6 Å². The van der Waals surface area contributed by atoms with Gasteiger partial charge in [0.15, 0.2) is 0 Å². The third-order valence-electron chi connectivity index (χ3n) is 9.45. The van der Waals surface area contributed by atoms with E-state index >= 15 is 0 Å². The molecule has 44 heavy (non-hydrogen) atoms. The fourth-order valence-electron chi connectivity index (χ4n) is 6.78. The number of likely N-dealkylation sites (N-methyl/N-ethyl adjacent to an activating group) is 1. The lowest BCUT2D eigenvalue weighted by molar-refractivity contribution is -0.136. The number of aromatic amines is 1. The number of rotatable bonds is 7. The number of carbonyl (C=O) groups is 2. The summed E-state index contributed by atoms with van der Waals surface area (Å²) in [6.45, 7) is 12.4. The maximum absolute atomic E-state index is 14.0. The molecule has 0 radical (unpaired) electrons. The van der Waals surface area contributed by atoms with Gasteiger partial charge < -0.3 is 24.6 Å². The Balaban J connectivity index is 0.00000400. The van der Waals surface area contributed by atoms with Crippen LogP contribution in [0.5, 0.6) is 0 Å². The summed E-state index contributed by atoms with van der Waals surface area (Å²) < 4.78 is 1.85. The molecule has 2 amide bonds. The quantitative estimate of drug-likeness (QED) is 0.402. The predicted octanol–water partition coefficient (Wildman–Crippen LogP) is 4.96. The van der Waals surface area contributed by atoms with Crippen LogP contribution in [0.2, 0.25) is 0 Å². The Morgan fingerprint density at radius 1 is 0.955 bits per heavy atom. The third kappa shape index (κ3) is 6.42. The molecule has 3 fully saturated rings. The van der Waals surface area contributed by atoms with Crippen molar-refractivity contribution >= 4 is 40.3 Å². The summed E-state index contributed by atoms with van der Waals surface area (Å²) in [6.07, 6.45) is 2.55. The number of carbonyl (C=O) groups excluding carboxylic acids is 2. The minimum atomic E-state index is -0.401. The number of thioether (sulfide) groups is 1. The molecule has 0 bridgehead atoms. The number of piperazine rings is 1. The van der Waals surface area contributed by atoms with Gasteiger partial charge in [0, 0.05) is 71.0 Å². The number of para-hydroxylation sites is 3. The highest BCUT2D eigenvalue weighted by molar-refractivity contribution is 8.01. The Hall–Kier alpha value is -3.24. The van der Waals surface area contributed by atoms with Gasteiger partial charge in [0.25, 0.3) is 0 Å². The molecule has 3 saturated heterocycles. The highest BCUT2D eigenvalue weighted by Crippen LogP contribution is 2.48. The minimum Gasteiger partial charge on any atom is -0.369 e. The second-order valence-electron chi connectivity index (χ2n) is 13.8. The van der Waals surface area contributed by atoms with Gasteiger partial charge in [0.05, 0.1) is 16.3 Å².